The molecule has 0 aliphatic heterocycles. The summed E-state index contributed by atoms with van der Waals surface area (Å²) >= 11 is 0. The van der Waals surface area contributed by atoms with E-state index in [1.807, 2.05) is 0 Å². The Hall–Kier alpha value is -1.08. The lowest BCUT2D eigenvalue weighted by molar-refractivity contribution is 0.251. The van der Waals surface area contributed by atoms with Crippen molar-refractivity contribution < 1.29 is 0 Å². The molecule has 1 nitrogen and oxygen atoms in total. The molecule has 0 spiro atoms. The largest absolute Gasteiger partial charge is 0.306 e. The number of hydrogen-bond acceptors (Lipinski definition) is 1. The maximum atomic E-state index is 2.49. The van der Waals surface area contributed by atoms with Gasteiger partial charge in [0.2, 0.25) is 0 Å². The van der Waals surface area contributed by atoms with Crippen molar-refractivity contribution in [3.8, 4) is 0 Å². The number of allylic oxidation sites excluding steroid dienone is 8. The molecule has 0 bridgehead atoms. The third kappa shape index (κ3) is 31.4. The third-order valence-corrected chi connectivity index (χ3v) is 8.21. The van der Waals surface area contributed by atoms with Gasteiger partial charge in [-0.2, -0.15) is 0 Å². The Morgan fingerprint density at radius 2 is 0.675 bits per heavy atom. The molecule has 40 heavy (non-hydrogen) atoms. The predicted molar refractivity (Wildman–Crippen MR) is 185 cm³/mol. The molecule has 0 saturated heterocycles. The Bertz CT molecular complexity index is 534. The summed E-state index contributed by atoms with van der Waals surface area (Å²) in [6.45, 7) is 4.54. The van der Waals surface area contributed by atoms with Gasteiger partial charge in [-0.3, -0.25) is 0 Å². The highest BCUT2D eigenvalue weighted by Gasteiger charge is 2.10. The average molecular weight is 556 g/mol. The van der Waals surface area contributed by atoms with E-state index in [0.717, 1.165) is 18.9 Å². The highest BCUT2D eigenvalue weighted by atomic mass is 15.1. The molecule has 0 rings (SSSR count). The molecule has 234 valence electrons. The second kappa shape index (κ2) is 34.1. The van der Waals surface area contributed by atoms with Gasteiger partial charge in [-0.1, -0.05) is 152 Å². The lowest BCUT2D eigenvalue weighted by Crippen LogP contribution is -2.27. The molecule has 0 N–H and O–H groups in total. The molecule has 1 heteroatoms. The van der Waals surface area contributed by atoms with Crippen LogP contribution in [0.1, 0.15) is 181 Å². The lowest BCUT2D eigenvalue weighted by Gasteiger charge is -2.24. The molecular formula is C39H73N. The van der Waals surface area contributed by atoms with E-state index in [1.54, 1.807) is 0 Å². The van der Waals surface area contributed by atoms with Gasteiger partial charge in [0.25, 0.3) is 0 Å². The molecule has 0 saturated carbocycles. The predicted octanol–water partition coefficient (Wildman–Crippen LogP) is 13.3. The molecule has 0 radical (unpaired) electrons. The summed E-state index contributed by atoms with van der Waals surface area (Å²) in [6, 6.07) is 0.789. The second-order valence-electron chi connectivity index (χ2n) is 12.4. The van der Waals surface area contributed by atoms with E-state index in [2.05, 4.69) is 81.5 Å². The zero-order chi connectivity index (χ0) is 29.2. The number of nitrogens with zero attached hydrogens (tertiary/aromatic N) is 1. The first kappa shape index (κ1) is 38.9. The van der Waals surface area contributed by atoms with Crippen molar-refractivity contribution in [3.63, 3.8) is 0 Å². The van der Waals surface area contributed by atoms with E-state index < -0.39 is 0 Å². The first-order valence-corrected chi connectivity index (χ1v) is 18.0. The van der Waals surface area contributed by atoms with Gasteiger partial charge in [0.1, 0.15) is 0 Å². The molecular weight excluding hydrogens is 482 g/mol. The van der Waals surface area contributed by atoms with Gasteiger partial charge >= 0.3 is 0 Å². The van der Waals surface area contributed by atoms with E-state index in [4.69, 9.17) is 0 Å². The number of unbranched alkanes of at least 4 members (excludes halogenated alkanes) is 18. The van der Waals surface area contributed by atoms with Gasteiger partial charge < -0.3 is 4.90 Å². The van der Waals surface area contributed by atoms with Crippen LogP contribution >= 0.6 is 0 Å². The Morgan fingerprint density at radius 3 is 1.00 bits per heavy atom. The van der Waals surface area contributed by atoms with Crippen LogP contribution in [0.15, 0.2) is 48.6 Å². The van der Waals surface area contributed by atoms with Crippen molar-refractivity contribution in [1.82, 2.24) is 4.90 Å². The first-order valence-electron chi connectivity index (χ1n) is 18.0. The molecule has 0 amide bonds. The lowest BCUT2D eigenvalue weighted by atomic mass is 9.99. The minimum Gasteiger partial charge on any atom is -0.306 e. The van der Waals surface area contributed by atoms with Crippen LogP contribution in [-0.4, -0.2) is 25.0 Å². The Morgan fingerprint density at radius 1 is 0.375 bits per heavy atom. The van der Waals surface area contributed by atoms with Crippen LogP contribution in [-0.2, 0) is 0 Å². The third-order valence-electron chi connectivity index (χ3n) is 8.21. The normalized spacial score (nSPS) is 13.3. The van der Waals surface area contributed by atoms with Crippen LogP contribution in [0.25, 0.3) is 0 Å². The Balaban J connectivity index is 3.53. The van der Waals surface area contributed by atoms with Crippen molar-refractivity contribution >= 4 is 0 Å². The van der Waals surface area contributed by atoms with Crippen LogP contribution in [0.2, 0.25) is 0 Å². The molecule has 0 aliphatic rings. The van der Waals surface area contributed by atoms with Crippen LogP contribution in [0.4, 0.5) is 0 Å². The van der Waals surface area contributed by atoms with E-state index in [1.165, 1.54) is 154 Å². The van der Waals surface area contributed by atoms with E-state index in [9.17, 15) is 0 Å². The fourth-order valence-electron chi connectivity index (χ4n) is 5.40. The monoisotopic (exact) mass is 556 g/mol. The molecule has 0 aromatic rings. The summed E-state index contributed by atoms with van der Waals surface area (Å²) in [5.41, 5.74) is 0. The van der Waals surface area contributed by atoms with Crippen molar-refractivity contribution in [2.75, 3.05) is 14.1 Å². The summed E-state index contributed by atoms with van der Waals surface area (Å²) in [5, 5.41) is 0. The fraction of sp³-hybridized carbons (Fsp3) is 0.795. The van der Waals surface area contributed by atoms with Gasteiger partial charge in [-0.15, -0.1) is 0 Å². The summed E-state index contributed by atoms with van der Waals surface area (Å²) < 4.78 is 0. The van der Waals surface area contributed by atoms with Gasteiger partial charge in [0, 0.05) is 6.04 Å². The van der Waals surface area contributed by atoms with Gasteiger partial charge in [0.05, 0.1) is 0 Å². The first-order chi connectivity index (χ1) is 19.7. The standard InChI is InChI=1S/C39H73N/c1-5-7-9-11-13-15-17-19-21-23-25-27-29-31-33-35-37-39(40(3)4)38-36-34-32-30-28-26-24-22-20-18-16-14-12-10-8-6-2/h13-16,19-22,39H,5-12,17-18,23-38H2,1-4H3. The molecule has 0 aromatic carbocycles. The highest BCUT2D eigenvalue weighted by molar-refractivity contribution is 4.93. The Kier molecular flexibility index (Phi) is 33.2. The Labute approximate surface area is 254 Å². The summed E-state index contributed by atoms with van der Waals surface area (Å²) in [4.78, 5) is 2.49. The van der Waals surface area contributed by atoms with Crippen LogP contribution < -0.4 is 0 Å². The van der Waals surface area contributed by atoms with E-state index >= 15 is 0 Å². The zero-order valence-electron chi connectivity index (χ0n) is 28.0. The molecule has 0 heterocycles. The highest BCUT2D eigenvalue weighted by Crippen LogP contribution is 2.17. The molecule has 0 atom stereocenters. The van der Waals surface area contributed by atoms with Crippen molar-refractivity contribution in [1.29, 1.82) is 0 Å². The molecule has 0 aromatic heterocycles. The topological polar surface area (TPSA) is 3.24 Å². The van der Waals surface area contributed by atoms with Crippen LogP contribution in [0, 0.1) is 0 Å². The summed E-state index contributed by atoms with van der Waals surface area (Å²) in [5.74, 6) is 0. The molecule has 0 fully saturated rings. The smallest absolute Gasteiger partial charge is 0.00891 e. The van der Waals surface area contributed by atoms with E-state index in [-0.39, 0.29) is 0 Å². The minimum absolute atomic E-state index is 0.789. The number of hydrogen-bond donors (Lipinski definition) is 0. The summed E-state index contributed by atoms with van der Waals surface area (Å²) in [7, 11) is 4.58. The molecule has 0 aliphatic carbocycles. The average Bonchev–Trinajstić information content (AvgIpc) is 2.95. The number of rotatable bonds is 31. The maximum Gasteiger partial charge on any atom is 0.00891 e. The van der Waals surface area contributed by atoms with Crippen molar-refractivity contribution in [2.45, 2.75) is 187 Å². The minimum atomic E-state index is 0.789. The van der Waals surface area contributed by atoms with Gasteiger partial charge in [0.15, 0.2) is 0 Å². The summed E-state index contributed by atoms with van der Waals surface area (Å²) in [6.07, 6.45) is 53.9. The van der Waals surface area contributed by atoms with E-state index in [0.29, 0.717) is 0 Å². The van der Waals surface area contributed by atoms with Crippen molar-refractivity contribution in [2.24, 2.45) is 0 Å². The second-order valence-corrected chi connectivity index (χ2v) is 12.4. The molecule has 0 unspecified atom stereocenters. The van der Waals surface area contributed by atoms with Gasteiger partial charge in [-0.25, -0.2) is 0 Å². The SMILES string of the molecule is CCCCCC=CCC=CCCCCCCCCC(CCCCCCCCC=CCC=CCCCCC)N(C)C. The van der Waals surface area contributed by atoms with Crippen LogP contribution in [0.3, 0.4) is 0 Å². The van der Waals surface area contributed by atoms with Crippen molar-refractivity contribution in [3.05, 3.63) is 48.6 Å². The quantitative estimate of drug-likeness (QED) is 0.0607. The zero-order valence-corrected chi connectivity index (χ0v) is 28.0. The van der Waals surface area contributed by atoms with Crippen LogP contribution in [0.5, 0.6) is 0 Å². The van der Waals surface area contributed by atoms with Gasteiger partial charge in [-0.05, 0) is 91.1 Å². The fourth-order valence-corrected chi connectivity index (χ4v) is 5.40. The maximum absolute atomic E-state index is 2.49.